The molecule has 1 rings (SSSR count). The van der Waals surface area contributed by atoms with Crippen LogP contribution in [0.15, 0.2) is 18.2 Å². The zero-order valence-electron chi connectivity index (χ0n) is 11.8. The van der Waals surface area contributed by atoms with Gasteiger partial charge in [-0.1, -0.05) is 51.9 Å². The van der Waals surface area contributed by atoms with Gasteiger partial charge in [0.2, 0.25) is 0 Å². The van der Waals surface area contributed by atoms with Crippen molar-refractivity contribution < 1.29 is 13.5 Å². The van der Waals surface area contributed by atoms with Crippen LogP contribution in [0.2, 0.25) is 0 Å². The van der Waals surface area contributed by atoms with Crippen molar-refractivity contribution in [3.63, 3.8) is 0 Å². The maximum absolute atomic E-state index is 13.2. The Kier molecular flexibility index (Phi) is 8.19. The molecule has 0 atom stereocenters. The van der Waals surface area contributed by atoms with Gasteiger partial charge in [0, 0.05) is 6.07 Å². The van der Waals surface area contributed by atoms with Gasteiger partial charge < -0.3 is 4.74 Å². The SMILES string of the molecule is CCCCCCCCCCOc1cc(F)ccc1F. The molecular formula is C16H24F2O. The smallest absolute Gasteiger partial charge is 0.165 e. The number of halogens is 2. The standard InChI is InChI=1S/C16H24F2O/c1-2-3-4-5-6-7-8-9-12-19-16-13-14(17)10-11-15(16)18/h10-11,13H,2-9,12H2,1H3. The molecule has 0 spiro atoms. The van der Waals surface area contributed by atoms with Crippen LogP contribution in [0, 0.1) is 11.6 Å². The van der Waals surface area contributed by atoms with E-state index in [0.717, 1.165) is 31.0 Å². The fourth-order valence-electron chi connectivity index (χ4n) is 2.01. The maximum Gasteiger partial charge on any atom is 0.165 e. The highest BCUT2D eigenvalue weighted by Gasteiger charge is 2.04. The summed E-state index contributed by atoms with van der Waals surface area (Å²) in [5.41, 5.74) is 0. The van der Waals surface area contributed by atoms with Crippen LogP contribution in [-0.2, 0) is 0 Å². The van der Waals surface area contributed by atoms with Crippen LogP contribution >= 0.6 is 0 Å². The second kappa shape index (κ2) is 9.76. The Morgan fingerprint density at radius 1 is 0.895 bits per heavy atom. The molecule has 0 heterocycles. The minimum absolute atomic E-state index is 0.0166. The molecular weight excluding hydrogens is 246 g/mol. The highest BCUT2D eigenvalue weighted by Crippen LogP contribution is 2.18. The Balaban J connectivity index is 2.03. The Bertz CT molecular complexity index is 353. The molecule has 0 fully saturated rings. The highest BCUT2D eigenvalue weighted by atomic mass is 19.1. The van der Waals surface area contributed by atoms with E-state index in [4.69, 9.17) is 4.74 Å². The van der Waals surface area contributed by atoms with Crippen molar-refractivity contribution in [2.24, 2.45) is 0 Å². The van der Waals surface area contributed by atoms with Crippen LogP contribution < -0.4 is 4.74 Å². The summed E-state index contributed by atoms with van der Waals surface area (Å²) in [6, 6.07) is 3.29. The van der Waals surface area contributed by atoms with Crippen molar-refractivity contribution >= 4 is 0 Å². The second-order valence-corrected chi connectivity index (χ2v) is 4.90. The van der Waals surface area contributed by atoms with Crippen LogP contribution in [0.3, 0.4) is 0 Å². The third-order valence-electron chi connectivity index (χ3n) is 3.15. The van der Waals surface area contributed by atoms with Crippen LogP contribution in [0.1, 0.15) is 58.3 Å². The van der Waals surface area contributed by atoms with Gasteiger partial charge in [0.15, 0.2) is 11.6 Å². The van der Waals surface area contributed by atoms with E-state index in [1.54, 1.807) is 0 Å². The van der Waals surface area contributed by atoms with Gasteiger partial charge in [-0.15, -0.1) is 0 Å². The molecule has 0 bridgehead atoms. The van der Waals surface area contributed by atoms with E-state index in [2.05, 4.69) is 6.92 Å². The van der Waals surface area contributed by atoms with Crippen LogP contribution in [0.25, 0.3) is 0 Å². The molecule has 0 aromatic heterocycles. The van der Waals surface area contributed by atoms with E-state index in [0.29, 0.717) is 6.61 Å². The highest BCUT2D eigenvalue weighted by molar-refractivity contribution is 5.24. The van der Waals surface area contributed by atoms with Crippen LogP contribution in [0.4, 0.5) is 8.78 Å². The molecule has 3 heteroatoms. The largest absolute Gasteiger partial charge is 0.490 e. The molecule has 0 radical (unpaired) electrons. The van der Waals surface area contributed by atoms with Gasteiger partial charge in [0.05, 0.1) is 6.61 Å². The molecule has 108 valence electrons. The first kappa shape index (κ1) is 15.9. The zero-order valence-corrected chi connectivity index (χ0v) is 11.8. The van der Waals surface area contributed by atoms with Gasteiger partial charge in [-0.25, -0.2) is 8.78 Å². The Labute approximate surface area is 115 Å². The summed E-state index contributed by atoms with van der Waals surface area (Å²) in [5.74, 6) is -0.948. The first-order valence-electron chi connectivity index (χ1n) is 7.32. The third kappa shape index (κ3) is 7.14. The molecule has 0 aliphatic carbocycles. The summed E-state index contributed by atoms with van der Waals surface area (Å²) in [4.78, 5) is 0. The normalized spacial score (nSPS) is 10.7. The van der Waals surface area contributed by atoms with Crippen LogP contribution in [0.5, 0.6) is 5.75 Å². The fourth-order valence-corrected chi connectivity index (χ4v) is 2.01. The lowest BCUT2D eigenvalue weighted by Gasteiger charge is -2.07. The lowest BCUT2D eigenvalue weighted by molar-refractivity contribution is 0.288. The van der Waals surface area contributed by atoms with Gasteiger partial charge in [0.1, 0.15) is 5.82 Å². The number of rotatable bonds is 10. The van der Waals surface area contributed by atoms with Crippen molar-refractivity contribution in [3.8, 4) is 5.75 Å². The summed E-state index contributed by atoms with van der Waals surface area (Å²) in [6.07, 6.45) is 9.64. The maximum atomic E-state index is 13.2. The lowest BCUT2D eigenvalue weighted by Crippen LogP contribution is -1.99. The molecule has 0 unspecified atom stereocenters. The topological polar surface area (TPSA) is 9.23 Å². The zero-order chi connectivity index (χ0) is 13.9. The summed E-state index contributed by atoms with van der Waals surface area (Å²) >= 11 is 0. The molecule has 0 saturated heterocycles. The Morgan fingerprint density at radius 3 is 2.21 bits per heavy atom. The number of hydrogen-bond acceptors (Lipinski definition) is 1. The molecule has 1 nitrogen and oxygen atoms in total. The predicted octanol–water partition coefficient (Wildman–Crippen LogP) is 5.48. The first-order chi connectivity index (χ1) is 9.24. The van der Waals surface area contributed by atoms with E-state index in [1.807, 2.05) is 0 Å². The van der Waals surface area contributed by atoms with Gasteiger partial charge in [-0.05, 0) is 18.6 Å². The summed E-state index contributed by atoms with van der Waals surface area (Å²) in [5, 5.41) is 0. The summed E-state index contributed by atoms with van der Waals surface area (Å²) in [6.45, 7) is 2.66. The number of hydrogen-bond donors (Lipinski definition) is 0. The van der Waals surface area contributed by atoms with Crippen molar-refractivity contribution in [2.75, 3.05) is 6.61 Å². The Morgan fingerprint density at radius 2 is 1.53 bits per heavy atom. The molecule has 0 aliphatic heterocycles. The van der Waals surface area contributed by atoms with Gasteiger partial charge in [-0.2, -0.15) is 0 Å². The molecule has 0 saturated carbocycles. The fraction of sp³-hybridized carbons (Fsp3) is 0.625. The van der Waals surface area contributed by atoms with Gasteiger partial charge >= 0.3 is 0 Å². The van der Waals surface area contributed by atoms with E-state index < -0.39 is 11.6 Å². The minimum atomic E-state index is -0.499. The van der Waals surface area contributed by atoms with E-state index in [9.17, 15) is 8.78 Å². The predicted molar refractivity (Wildman–Crippen MR) is 74.5 cm³/mol. The molecule has 1 aromatic rings. The minimum Gasteiger partial charge on any atom is -0.490 e. The van der Waals surface area contributed by atoms with Gasteiger partial charge in [0.25, 0.3) is 0 Å². The van der Waals surface area contributed by atoms with E-state index in [1.165, 1.54) is 38.5 Å². The lowest BCUT2D eigenvalue weighted by atomic mass is 10.1. The first-order valence-corrected chi connectivity index (χ1v) is 7.32. The van der Waals surface area contributed by atoms with E-state index in [-0.39, 0.29) is 5.75 Å². The summed E-state index contributed by atoms with van der Waals surface area (Å²) < 4.78 is 31.4. The number of unbranched alkanes of at least 4 members (excludes halogenated alkanes) is 7. The molecule has 0 N–H and O–H groups in total. The quantitative estimate of drug-likeness (QED) is 0.511. The molecule has 0 aliphatic rings. The molecule has 0 amide bonds. The Hall–Kier alpha value is -1.12. The average molecular weight is 270 g/mol. The third-order valence-corrected chi connectivity index (χ3v) is 3.15. The van der Waals surface area contributed by atoms with Crippen molar-refractivity contribution in [1.82, 2.24) is 0 Å². The molecule has 1 aromatic carbocycles. The van der Waals surface area contributed by atoms with Gasteiger partial charge in [-0.3, -0.25) is 0 Å². The average Bonchev–Trinajstić information content (AvgIpc) is 2.40. The van der Waals surface area contributed by atoms with Crippen molar-refractivity contribution in [2.45, 2.75) is 58.3 Å². The monoisotopic (exact) mass is 270 g/mol. The van der Waals surface area contributed by atoms with Crippen LogP contribution in [-0.4, -0.2) is 6.61 Å². The molecule has 19 heavy (non-hydrogen) atoms. The second-order valence-electron chi connectivity index (χ2n) is 4.90. The van der Waals surface area contributed by atoms with Crippen molar-refractivity contribution in [3.05, 3.63) is 29.8 Å². The summed E-state index contributed by atoms with van der Waals surface area (Å²) in [7, 11) is 0. The van der Waals surface area contributed by atoms with Crippen molar-refractivity contribution in [1.29, 1.82) is 0 Å². The number of benzene rings is 1. The van der Waals surface area contributed by atoms with E-state index >= 15 is 0 Å². The number of ether oxygens (including phenoxy) is 1.